The van der Waals surface area contributed by atoms with Crippen molar-refractivity contribution in [3.05, 3.63) is 34.6 Å². The Morgan fingerprint density at radius 3 is 1.88 bits per heavy atom. The Kier molecular flexibility index (Phi) is 7.33. The molecule has 0 saturated heterocycles. The van der Waals surface area contributed by atoms with Crippen LogP contribution in [0.1, 0.15) is 25.8 Å². The third kappa shape index (κ3) is 5.13. The standard InChI is InChI=1S/C14H18BF5N2O3/c1-5(2)3-8(15(24)25)22-14(23)7(21)4-6-9(16)11(18)13(20)12(19)10(6)17/h5,7-8,24-25H,3-4,21H2,1-2H3,(H,22,23)/t7-,8-/m0/s1. The van der Waals surface area contributed by atoms with Crippen LogP contribution in [0.4, 0.5) is 22.0 Å². The molecule has 11 heteroatoms. The van der Waals surface area contributed by atoms with Gasteiger partial charge in [-0.1, -0.05) is 13.8 Å². The zero-order valence-electron chi connectivity index (χ0n) is 13.5. The smallest absolute Gasteiger partial charge is 0.426 e. The zero-order chi connectivity index (χ0) is 19.5. The van der Waals surface area contributed by atoms with E-state index in [1.807, 2.05) is 0 Å². The number of nitrogens with one attached hydrogen (secondary N) is 1. The summed E-state index contributed by atoms with van der Waals surface area (Å²) in [5.41, 5.74) is 4.24. The lowest BCUT2D eigenvalue weighted by Gasteiger charge is -2.22. The first-order valence-corrected chi connectivity index (χ1v) is 7.39. The molecule has 1 aromatic carbocycles. The van der Waals surface area contributed by atoms with Gasteiger partial charge in [0.05, 0.1) is 12.0 Å². The molecule has 0 fully saturated rings. The number of halogens is 5. The number of hydrogen-bond acceptors (Lipinski definition) is 4. The van der Waals surface area contributed by atoms with Crippen molar-refractivity contribution in [3.63, 3.8) is 0 Å². The van der Waals surface area contributed by atoms with E-state index in [0.717, 1.165) is 0 Å². The van der Waals surface area contributed by atoms with Crippen molar-refractivity contribution in [2.24, 2.45) is 11.7 Å². The summed E-state index contributed by atoms with van der Waals surface area (Å²) >= 11 is 0. The van der Waals surface area contributed by atoms with E-state index in [4.69, 9.17) is 5.73 Å². The highest BCUT2D eigenvalue weighted by molar-refractivity contribution is 6.43. The maximum atomic E-state index is 13.6. The SMILES string of the molecule is CC(C)C[C@H](NC(=O)[C@@H](N)Cc1c(F)c(F)c(F)c(F)c1F)B(O)O. The van der Waals surface area contributed by atoms with Gasteiger partial charge in [0.1, 0.15) is 0 Å². The minimum absolute atomic E-state index is 0.0292. The summed E-state index contributed by atoms with van der Waals surface area (Å²) in [5.74, 6) is -12.9. The molecule has 1 aromatic rings. The fraction of sp³-hybridized carbons (Fsp3) is 0.500. The van der Waals surface area contributed by atoms with Crippen molar-refractivity contribution in [3.8, 4) is 0 Å². The van der Waals surface area contributed by atoms with E-state index in [1.54, 1.807) is 13.8 Å². The Hall–Kier alpha value is -1.72. The van der Waals surface area contributed by atoms with Gasteiger partial charge >= 0.3 is 7.12 Å². The van der Waals surface area contributed by atoms with Crippen LogP contribution in [-0.4, -0.2) is 35.1 Å². The molecular weight excluding hydrogens is 350 g/mol. The maximum absolute atomic E-state index is 13.6. The molecule has 0 aliphatic rings. The summed E-state index contributed by atoms with van der Waals surface area (Å²) in [6.45, 7) is 3.49. The second-order valence-electron chi connectivity index (χ2n) is 6.02. The molecule has 0 aromatic heterocycles. The van der Waals surface area contributed by atoms with E-state index in [1.165, 1.54) is 0 Å². The van der Waals surface area contributed by atoms with E-state index in [-0.39, 0.29) is 12.3 Å². The first-order valence-electron chi connectivity index (χ1n) is 7.39. The molecule has 0 aliphatic heterocycles. The third-order valence-corrected chi connectivity index (χ3v) is 3.47. The Morgan fingerprint density at radius 1 is 1.04 bits per heavy atom. The molecule has 0 unspecified atom stereocenters. The average molecular weight is 368 g/mol. The quantitative estimate of drug-likeness (QED) is 0.248. The van der Waals surface area contributed by atoms with Gasteiger partial charge in [-0.05, 0) is 12.3 Å². The summed E-state index contributed by atoms with van der Waals surface area (Å²) in [6.07, 6.45) is -0.799. The van der Waals surface area contributed by atoms with E-state index in [2.05, 4.69) is 5.32 Å². The van der Waals surface area contributed by atoms with Gasteiger partial charge in [0, 0.05) is 12.0 Å². The lowest BCUT2D eigenvalue weighted by atomic mass is 9.75. The summed E-state index contributed by atoms with van der Waals surface area (Å²) in [5, 5.41) is 20.6. The minimum Gasteiger partial charge on any atom is -0.426 e. The topological polar surface area (TPSA) is 95.6 Å². The van der Waals surface area contributed by atoms with Crippen molar-refractivity contribution in [2.45, 2.75) is 38.7 Å². The lowest BCUT2D eigenvalue weighted by molar-refractivity contribution is -0.122. The molecule has 0 aliphatic carbocycles. The van der Waals surface area contributed by atoms with Crippen molar-refractivity contribution in [1.29, 1.82) is 0 Å². The predicted molar refractivity (Wildman–Crippen MR) is 79.5 cm³/mol. The molecule has 0 saturated carbocycles. The Morgan fingerprint density at radius 2 is 1.48 bits per heavy atom. The first-order chi connectivity index (χ1) is 11.5. The normalized spacial score (nSPS) is 13.7. The van der Waals surface area contributed by atoms with Crippen LogP contribution >= 0.6 is 0 Å². The van der Waals surface area contributed by atoms with Gasteiger partial charge in [-0.15, -0.1) is 0 Å². The first kappa shape index (κ1) is 21.3. The second-order valence-corrected chi connectivity index (χ2v) is 6.02. The minimum atomic E-state index is -2.31. The van der Waals surface area contributed by atoms with Gasteiger partial charge < -0.3 is 21.1 Å². The van der Waals surface area contributed by atoms with Crippen LogP contribution in [0.15, 0.2) is 0 Å². The summed E-state index contributed by atoms with van der Waals surface area (Å²) < 4.78 is 66.5. The van der Waals surface area contributed by atoms with Crippen LogP contribution in [0.2, 0.25) is 0 Å². The Balaban J connectivity index is 2.95. The molecule has 0 spiro atoms. The van der Waals surface area contributed by atoms with Gasteiger partial charge in [0.2, 0.25) is 11.7 Å². The summed E-state index contributed by atoms with van der Waals surface area (Å²) in [7, 11) is -1.91. The van der Waals surface area contributed by atoms with Gasteiger partial charge in [0.15, 0.2) is 23.3 Å². The van der Waals surface area contributed by atoms with Crippen molar-refractivity contribution < 1.29 is 36.8 Å². The fourth-order valence-electron chi connectivity index (χ4n) is 2.19. The molecule has 0 heterocycles. The molecule has 5 nitrogen and oxygen atoms in total. The predicted octanol–water partition coefficient (Wildman–Crippen LogP) is 0.795. The molecule has 1 rings (SSSR count). The largest absolute Gasteiger partial charge is 0.475 e. The van der Waals surface area contributed by atoms with Crippen LogP contribution in [-0.2, 0) is 11.2 Å². The molecule has 1 amide bonds. The highest BCUT2D eigenvalue weighted by Gasteiger charge is 2.31. The Labute approximate surface area is 141 Å². The second kappa shape index (κ2) is 8.59. The molecule has 5 N–H and O–H groups in total. The van der Waals surface area contributed by atoms with Gasteiger partial charge in [-0.3, -0.25) is 4.79 Å². The molecular formula is C14H18BF5N2O3. The fourth-order valence-corrected chi connectivity index (χ4v) is 2.19. The van der Waals surface area contributed by atoms with Crippen molar-refractivity contribution in [2.75, 3.05) is 0 Å². The summed E-state index contributed by atoms with van der Waals surface area (Å²) in [6, 6.07) is -1.67. The van der Waals surface area contributed by atoms with Crippen molar-refractivity contribution >= 4 is 13.0 Å². The number of carbonyl (C=O) groups excluding carboxylic acids is 1. The number of carbonyl (C=O) groups is 1. The van der Waals surface area contributed by atoms with Crippen molar-refractivity contribution in [1.82, 2.24) is 5.32 Å². The number of rotatable bonds is 7. The Bertz CT molecular complexity index is 616. The van der Waals surface area contributed by atoms with Gasteiger partial charge in [-0.25, -0.2) is 22.0 Å². The van der Waals surface area contributed by atoms with E-state index in [0.29, 0.717) is 0 Å². The molecule has 0 radical (unpaired) electrons. The zero-order valence-corrected chi connectivity index (χ0v) is 13.5. The van der Waals surface area contributed by atoms with Crippen LogP contribution in [0.25, 0.3) is 0 Å². The van der Waals surface area contributed by atoms with E-state index < -0.39 is 66.1 Å². The monoisotopic (exact) mass is 368 g/mol. The van der Waals surface area contributed by atoms with Gasteiger partial charge in [-0.2, -0.15) is 0 Å². The van der Waals surface area contributed by atoms with E-state index in [9.17, 15) is 36.8 Å². The molecule has 140 valence electrons. The van der Waals surface area contributed by atoms with Crippen LogP contribution < -0.4 is 11.1 Å². The molecule has 0 bridgehead atoms. The number of nitrogens with two attached hydrogens (primary N) is 1. The van der Waals surface area contributed by atoms with Gasteiger partial charge in [0.25, 0.3) is 0 Å². The van der Waals surface area contributed by atoms with Crippen LogP contribution in [0, 0.1) is 35.0 Å². The number of benzene rings is 1. The summed E-state index contributed by atoms with van der Waals surface area (Å²) in [4.78, 5) is 11.9. The molecule has 2 atom stereocenters. The third-order valence-electron chi connectivity index (χ3n) is 3.47. The van der Waals surface area contributed by atoms with Crippen LogP contribution in [0.3, 0.4) is 0 Å². The lowest BCUT2D eigenvalue weighted by Crippen LogP contribution is -2.52. The van der Waals surface area contributed by atoms with E-state index >= 15 is 0 Å². The highest BCUT2D eigenvalue weighted by atomic mass is 19.2. The number of hydrogen-bond donors (Lipinski definition) is 4. The number of amides is 1. The average Bonchev–Trinajstić information content (AvgIpc) is 2.53. The molecule has 25 heavy (non-hydrogen) atoms. The maximum Gasteiger partial charge on any atom is 0.475 e. The van der Waals surface area contributed by atoms with Crippen LogP contribution in [0.5, 0.6) is 0 Å². The highest BCUT2D eigenvalue weighted by Crippen LogP contribution is 2.23.